The Balaban J connectivity index is 2.24. The van der Waals surface area contributed by atoms with Crippen molar-refractivity contribution in [2.45, 2.75) is 6.42 Å². The monoisotopic (exact) mass is 180 g/mol. The van der Waals surface area contributed by atoms with Gasteiger partial charge in [0.05, 0.1) is 13.5 Å². The van der Waals surface area contributed by atoms with E-state index >= 15 is 0 Å². The minimum Gasteiger partial charge on any atom is -0.469 e. The maximum atomic E-state index is 10.7. The van der Waals surface area contributed by atoms with Crippen LogP contribution in [0.15, 0.2) is 24.4 Å². The largest absolute Gasteiger partial charge is 0.469 e. The maximum Gasteiger partial charge on any atom is 0.307 e. The van der Waals surface area contributed by atoms with Gasteiger partial charge < -0.3 is 10.1 Å². The average Bonchev–Trinajstić information content (AvgIpc) is 2.19. The second kappa shape index (κ2) is 5.13. The predicted molar refractivity (Wildman–Crippen MR) is 49.4 cm³/mol. The second-order valence-electron chi connectivity index (χ2n) is 2.47. The van der Waals surface area contributed by atoms with Crippen LogP contribution in [-0.4, -0.2) is 24.6 Å². The van der Waals surface area contributed by atoms with Gasteiger partial charge in [-0.25, -0.2) is 4.98 Å². The van der Waals surface area contributed by atoms with Crippen LogP contribution in [0.2, 0.25) is 0 Å². The van der Waals surface area contributed by atoms with E-state index in [1.165, 1.54) is 7.11 Å². The van der Waals surface area contributed by atoms with Gasteiger partial charge in [-0.2, -0.15) is 0 Å². The molecule has 0 radical (unpaired) electrons. The summed E-state index contributed by atoms with van der Waals surface area (Å²) in [4.78, 5) is 14.8. The summed E-state index contributed by atoms with van der Waals surface area (Å²) < 4.78 is 4.49. The number of rotatable bonds is 4. The zero-order chi connectivity index (χ0) is 9.52. The second-order valence-corrected chi connectivity index (χ2v) is 2.47. The highest BCUT2D eigenvalue weighted by Crippen LogP contribution is 1.99. The topological polar surface area (TPSA) is 51.2 Å². The lowest BCUT2D eigenvalue weighted by atomic mass is 10.4. The number of esters is 1. The van der Waals surface area contributed by atoms with E-state index < -0.39 is 0 Å². The quantitative estimate of drug-likeness (QED) is 0.704. The lowest BCUT2D eigenvalue weighted by Gasteiger charge is -2.03. The number of nitrogens with one attached hydrogen (secondary N) is 1. The summed E-state index contributed by atoms with van der Waals surface area (Å²) in [6, 6.07) is 5.57. The molecule has 70 valence electrons. The molecular weight excluding hydrogens is 168 g/mol. The van der Waals surface area contributed by atoms with Gasteiger partial charge in [-0.05, 0) is 12.1 Å². The molecule has 0 unspecified atom stereocenters. The van der Waals surface area contributed by atoms with Crippen LogP contribution in [0.4, 0.5) is 5.82 Å². The third-order valence-corrected chi connectivity index (χ3v) is 1.53. The first-order valence-corrected chi connectivity index (χ1v) is 4.04. The van der Waals surface area contributed by atoms with Crippen molar-refractivity contribution >= 4 is 11.8 Å². The highest BCUT2D eigenvalue weighted by atomic mass is 16.5. The normalized spacial score (nSPS) is 9.31. The highest BCUT2D eigenvalue weighted by molar-refractivity contribution is 5.69. The summed E-state index contributed by atoms with van der Waals surface area (Å²) in [6.45, 7) is 0.545. The van der Waals surface area contributed by atoms with Crippen LogP contribution in [0.1, 0.15) is 6.42 Å². The zero-order valence-electron chi connectivity index (χ0n) is 7.49. The smallest absolute Gasteiger partial charge is 0.307 e. The van der Waals surface area contributed by atoms with Crippen molar-refractivity contribution < 1.29 is 9.53 Å². The third kappa shape index (κ3) is 3.55. The van der Waals surface area contributed by atoms with Crippen molar-refractivity contribution in [2.24, 2.45) is 0 Å². The molecule has 1 rings (SSSR count). The Morgan fingerprint density at radius 1 is 1.62 bits per heavy atom. The molecule has 0 aromatic carbocycles. The Morgan fingerprint density at radius 2 is 2.46 bits per heavy atom. The van der Waals surface area contributed by atoms with Crippen molar-refractivity contribution in [2.75, 3.05) is 19.0 Å². The first-order valence-electron chi connectivity index (χ1n) is 4.04. The molecule has 0 aliphatic heterocycles. The molecule has 0 aliphatic carbocycles. The molecule has 0 spiro atoms. The number of nitrogens with zero attached hydrogens (tertiary/aromatic N) is 1. The summed E-state index contributed by atoms with van der Waals surface area (Å²) in [6.07, 6.45) is 2.05. The van der Waals surface area contributed by atoms with E-state index in [0.29, 0.717) is 13.0 Å². The van der Waals surface area contributed by atoms with Gasteiger partial charge >= 0.3 is 5.97 Å². The number of carbonyl (C=O) groups excluding carboxylic acids is 1. The van der Waals surface area contributed by atoms with Crippen molar-refractivity contribution in [3.05, 3.63) is 24.4 Å². The summed E-state index contributed by atoms with van der Waals surface area (Å²) in [5, 5.41) is 3.00. The van der Waals surface area contributed by atoms with Gasteiger partial charge in [-0.1, -0.05) is 6.07 Å². The van der Waals surface area contributed by atoms with Crippen molar-refractivity contribution in [1.82, 2.24) is 4.98 Å². The minimum atomic E-state index is -0.219. The number of hydrogen-bond acceptors (Lipinski definition) is 4. The van der Waals surface area contributed by atoms with Crippen LogP contribution >= 0.6 is 0 Å². The van der Waals surface area contributed by atoms with Gasteiger partial charge in [0.25, 0.3) is 0 Å². The zero-order valence-corrected chi connectivity index (χ0v) is 7.49. The van der Waals surface area contributed by atoms with Crippen molar-refractivity contribution in [3.63, 3.8) is 0 Å². The number of carbonyl (C=O) groups is 1. The Labute approximate surface area is 76.9 Å². The van der Waals surface area contributed by atoms with Crippen LogP contribution in [0, 0.1) is 0 Å². The molecule has 0 fully saturated rings. The van der Waals surface area contributed by atoms with Crippen molar-refractivity contribution in [3.8, 4) is 0 Å². The molecular formula is C9H12N2O2. The van der Waals surface area contributed by atoms with Gasteiger partial charge in [0.2, 0.25) is 0 Å². The number of aromatic nitrogens is 1. The lowest BCUT2D eigenvalue weighted by molar-refractivity contribution is -0.140. The molecule has 1 heterocycles. The summed E-state index contributed by atoms with van der Waals surface area (Å²) >= 11 is 0. The minimum absolute atomic E-state index is 0.219. The molecule has 1 aromatic rings. The first-order chi connectivity index (χ1) is 6.33. The van der Waals surface area contributed by atoms with E-state index in [1.807, 2.05) is 18.2 Å². The van der Waals surface area contributed by atoms with Crippen LogP contribution in [0.25, 0.3) is 0 Å². The summed E-state index contributed by atoms with van der Waals surface area (Å²) in [5.74, 6) is 0.551. The van der Waals surface area contributed by atoms with E-state index in [2.05, 4.69) is 15.0 Å². The molecule has 1 N–H and O–H groups in total. The molecule has 0 amide bonds. The van der Waals surface area contributed by atoms with Gasteiger partial charge in [-0.3, -0.25) is 4.79 Å². The fourth-order valence-corrected chi connectivity index (χ4v) is 0.862. The third-order valence-electron chi connectivity index (χ3n) is 1.53. The van der Waals surface area contributed by atoms with E-state index in [4.69, 9.17) is 0 Å². The first kappa shape index (κ1) is 9.51. The fraction of sp³-hybridized carbons (Fsp3) is 0.333. The van der Waals surface area contributed by atoms with Gasteiger partial charge in [0.1, 0.15) is 5.82 Å². The van der Waals surface area contributed by atoms with E-state index in [9.17, 15) is 4.79 Å². The predicted octanol–water partition coefficient (Wildman–Crippen LogP) is 1.06. The maximum absolute atomic E-state index is 10.7. The standard InChI is InChI=1S/C9H12N2O2/c1-13-9(12)5-7-11-8-4-2-3-6-10-8/h2-4,6H,5,7H2,1H3,(H,10,11). The average molecular weight is 180 g/mol. The number of ether oxygens (including phenoxy) is 1. The molecule has 13 heavy (non-hydrogen) atoms. The highest BCUT2D eigenvalue weighted by Gasteiger charge is 1.98. The molecule has 1 aromatic heterocycles. The Bertz CT molecular complexity index is 262. The van der Waals surface area contributed by atoms with E-state index in [1.54, 1.807) is 6.20 Å². The van der Waals surface area contributed by atoms with Crippen LogP contribution in [-0.2, 0) is 9.53 Å². The van der Waals surface area contributed by atoms with Crippen molar-refractivity contribution in [1.29, 1.82) is 0 Å². The SMILES string of the molecule is COC(=O)CCNc1ccccn1. The molecule has 4 nitrogen and oxygen atoms in total. The molecule has 4 heteroatoms. The number of methoxy groups -OCH3 is 1. The lowest BCUT2D eigenvalue weighted by Crippen LogP contribution is -2.10. The molecule has 0 aliphatic rings. The molecule has 0 saturated carbocycles. The van der Waals surface area contributed by atoms with Crippen LogP contribution in [0.5, 0.6) is 0 Å². The number of pyridine rings is 1. The van der Waals surface area contributed by atoms with Crippen LogP contribution in [0.3, 0.4) is 0 Å². The van der Waals surface area contributed by atoms with Gasteiger partial charge in [0, 0.05) is 12.7 Å². The van der Waals surface area contributed by atoms with E-state index in [-0.39, 0.29) is 5.97 Å². The fourth-order valence-electron chi connectivity index (χ4n) is 0.862. The van der Waals surface area contributed by atoms with Crippen LogP contribution < -0.4 is 5.32 Å². The summed E-state index contributed by atoms with van der Waals surface area (Å²) in [5.41, 5.74) is 0. The Morgan fingerprint density at radius 3 is 3.08 bits per heavy atom. The Hall–Kier alpha value is -1.58. The summed E-state index contributed by atoms with van der Waals surface area (Å²) in [7, 11) is 1.38. The molecule has 0 bridgehead atoms. The molecule has 0 atom stereocenters. The number of hydrogen-bond donors (Lipinski definition) is 1. The Kier molecular flexibility index (Phi) is 3.75. The van der Waals surface area contributed by atoms with Gasteiger partial charge in [-0.15, -0.1) is 0 Å². The molecule has 0 saturated heterocycles. The van der Waals surface area contributed by atoms with Gasteiger partial charge in [0.15, 0.2) is 0 Å². The number of anilines is 1. The van der Waals surface area contributed by atoms with E-state index in [0.717, 1.165) is 5.82 Å².